The molecule has 11 rings (SSSR count). The number of nitrogens with zero attached hydrogens (tertiary/aromatic N) is 4. The first-order chi connectivity index (χ1) is 25.7. The van der Waals surface area contributed by atoms with Crippen molar-refractivity contribution in [3.63, 3.8) is 0 Å². The van der Waals surface area contributed by atoms with Gasteiger partial charge in [-0.25, -0.2) is 19.9 Å². The van der Waals surface area contributed by atoms with Crippen LogP contribution in [0.3, 0.4) is 0 Å². The normalized spacial score (nSPS) is 11.8. The average Bonchev–Trinajstić information content (AvgIpc) is 3.81. The van der Waals surface area contributed by atoms with E-state index in [-0.39, 0.29) is 0 Å². The molecule has 8 aromatic carbocycles. The summed E-state index contributed by atoms with van der Waals surface area (Å²) >= 11 is 1.74. The zero-order valence-electron chi connectivity index (χ0n) is 27.6. The molecule has 0 unspecified atom stereocenters. The van der Waals surface area contributed by atoms with Crippen molar-refractivity contribution in [1.29, 1.82) is 0 Å². The summed E-state index contributed by atoms with van der Waals surface area (Å²) in [6.07, 6.45) is 0. The molecule has 6 heteroatoms. The molecular formula is C46H26N4OS. The van der Waals surface area contributed by atoms with Crippen molar-refractivity contribution in [3.8, 4) is 45.6 Å². The molecule has 0 aliphatic heterocycles. The standard InChI is InChI=1S/C46H26N4OS/c1-2-13-28(14-3-1)46-47-42-37(51-46)26-39-40(35-20-10-11-21-38(35)52-39)41(42)45-49-43(31-23-22-27-12-4-5-15-29(27)24-31)48-44(50-45)36-25-30-16-6-7-17-32(30)33-18-8-9-19-34(33)36/h1-26H. The van der Waals surface area contributed by atoms with Crippen LogP contribution in [0.2, 0.25) is 0 Å². The van der Waals surface area contributed by atoms with Crippen LogP contribution in [-0.4, -0.2) is 19.9 Å². The highest BCUT2D eigenvalue weighted by Crippen LogP contribution is 2.45. The number of hydrogen-bond donors (Lipinski definition) is 0. The molecule has 0 bridgehead atoms. The second-order valence-corrected chi connectivity index (χ2v) is 14.1. The summed E-state index contributed by atoms with van der Waals surface area (Å²) in [5.41, 5.74) is 5.03. The van der Waals surface area contributed by atoms with Crippen LogP contribution in [0, 0.1) is 0 Å². The fourth-order valence-corrected chi connectivity index (χ4v) is 8.64. The summed E-state index contributed by atoms with van der Waals surface area (Å²) in [7, 11) is 0. The summed E-state index contributed by atoms with van der Waals surface area (Å²) in [5, 5.41) is 9.04. The summed E-state index contributed by atoms with van der Waals surface area (Å²) in [6, 6.07) is 54.6. The van der Waals surface area contributed by atoms with Gasteiger partial charge in [-0.3, -0.25) is 0 Å². The Hall–Kier alpha value is -6.76. The zero-order valence-corrected chi connectivity index (χ0v) is 28.4. The third-order valence-corrected chi connectivity index (χ3v) is 11.0. The van der Waals surface area contributed by atoms with Gasteiger partial charge in [0.25, 0.3) is 0 Å². The van der Waals surface area contributed by atoms with Crippen LogP contribution >= 0.6 is 11.3 Å². The summed E-state index contributed by atoms with van der Waals surface area (Å²) in [5.74, 6) is 2.31. The van der Waals surface area contributed by atoms with E-state index in [1.807, 2.05) is 30.3 Å². The quantitative estimate of drug-likeness (QED) is 0.173. The molecule has 3 heterocycles. The van der Waals surface area contributed by atoms with Gasteiger partial charge in [0.05, 0.1) is 5.56 Å². The van der Waals surface area contributed by atoms with Gasteiger partial charge in [0.1, 0.15) is 5.52 Å². The number of oxazole rings is 1. The van der Waals surface area contributed by atoms with Crippen LogP contribution in [0.5, 0.6) is 0 Å². The fraction of sp³-hybridized carbons (Fsp3) is 0. The van der Waals surface area contributed by atoms with Crippen molar-refractivity contribution >= 4 is 74.9 Å². The highest BCUT2D eigenvalue weighted by Gasteiger charge is 2.24. The maximum atomic E-state index is 6.53. The van der Waals surface area contributed by atoms with E-state index in [0.717, 1.165) is 70.2 Å². The van der Waals surface area contributed by atoms with Crippen LogP contribution < -0.4 is 0 Å². The molecule has 3 aromatic heterocycles. The van der Waals surface area contributed by atoms with Gasteiger partial charge in [0.15, 0.2) is 23.1 Å². The van der Waals surface area contributed by atoms with Crippen molar-refractivity contribution < 1.29 is 4.42 Å². The van der Waals surface area contributed by atoms with E-state index in [0.29, 0.717) is 28.9 Å². The van der Waals surface area contributed by atoms with Gasteiger partial charge in [-0.2, -0.15) is 0 Å². The summed E-state index contributed by atoms with van der Waals surface area (Å²) < 4.78 is 8.80. The third-order valence-electron chi connectivity index (χ3n) is 9.92. The second-order valence-electron chi connectivity index (χ2n) is 13.0. The molecule has 0 saturated heterocycles. The molecule has 0 spiro atoms. The molecule has 11 aromatic rings. The molecule has 0 N–H and O–H groups in total. The molecular weight excluding hydrogens is 657 g/mol. The van der Waals surface area contributed by atoms with Gasteiger partial charge >= 0.3 is 0 Å². The minimum absolute atomic E-state index is 0.553. The lowest BCUT2D eigenvalue weighted by Crippen LogP contribution is -2.01. The minimum Gasteiger partial charge on any atom is -0.436 e. The molecule has 52 heavy (non-hydrogen) atoms. The SMILES string of the molecule is c1ccc(-c2nc3c(-c4nc(-c5ccc6ccccc6c5)nc(-c5cc6ccccc6c6ccccc56)n4)c4c(cc3o2)sc2ccccc24)cc1. The smallest absolute Gasteiger partial charge is 0.227 e. The van der Waals surface area contributed by atoms with Gasteiger partial charge in [-0.05, 0) is 62.6 Å². The molecule has 0 saturated carbocycles. The van der Waals surface area contributed by atoms with Crippen LogP contribution in [0.1, 0.15) is 0 Å². The van der Waals surface area contributed by atoms with E-state index in [1.165, 1.54) is 10.1 Å². The Bertz CT molecular complexity index is 3200. The molecule has 0 radical (unpaired) electrons. The lowest BCUT2D eigenvalue weighted by atomic mass is 9.96. The molecule has 5 nitrogen and oxygen atoms in total. The molecule has 242 valence electrons. The Morgan fingerprint density at radius 3 is 1.96 bits per heavy atom. The number of rotatable bonds is 4. The van der Waals surface area contributed by atoms with E-state index in [2.05, 4.69) is 127 Å². The largest absolute Gasteiger partial charge is 0.436 e. The number of fused-ring (bicyclic) bond motifs is 8. The number of benzene rings is 8. The van der Waals surface area contributed by atoms with Gasteiger partial charge in [-0.15, -0.1) is 11.3 Å². The highest BCUT2D eigenvalue weighted by atomic mass is 32.1. The fourth-order valence-electron chi connectivity index (χ4n) is 7.50. The second kappa shape index (κ2) is 11.4. The van der Waals surface area contributed by atoms with Crippen molar-refractivity contribution in [2.45, 2.75) is 0 Å². The highest BCUT2D eigenvalue weighted by molar-refractivity contribution is 7.26. The number of thiophene rings is 1. The first-order valence-corrected chi connectivity index (χ1v) is 18.0. The first kappa shape index (κ1) is 29.0. The summed E-state index contributed by atoms with van der Waals surface area (Å²) in [4.78, 5) is 21.1. The number of aromatic nitrogens is 4. The topological polar surface area (TPSA) is 64.7 Å². The molecule has 0 fully saturated rings. The molecule has 0 aliphatic rings. The van der Waals surface area contributed by atoms with Crippen LogP contribution in [0.15, 0.2) is 162 Å². The maximum Gasteiger partial charge on any atom is 0.227 e. The van der Waals surface area contributed by atoms with E-state index in [4.69, 9.17) is 24.4 Å². The Kier molecular flexibility index (Phi) is 6.35. The average molecular weight is 683 g/mol. The van der Waals surface area contributed by atoms with E-state index < -0.39 is 0 Å². The van der Waals surface area contributed by atoms with Crippen molar-refractivity contribution in [1.82, 2.24) is 19.9 Å². The van der Waals surface area contributed by atoms with Gasteiger partial charge in [0, 0.05) is 42.9 Å². The van der Waals surface area contributed by atoms with Crippen molar-refractivity contribution in [2.24, 2.45) is 0 Å². The van der Waals surface area contributed by atoms with Crippen LogP contribution in [0.4, 0.5) is 0 Å². The van der Waals surface area contributed by atoms with Crippen molar-refractivity contribution in [2.75, 3.05) is 0 Å². The van der Waals surface area contributed by atoms with Crippen LogP contribution in [-0.2, 0) is 0 Å². The first-order valence-electron chi connectivity index (χ1n) is 17.2. The Morgan fingerprint density at radius 1 is 0.423 bits per heavy atom. The summed E-state index contributed by atoms with van der Waals surface area (Å²) in [6.45, 7) is 0. The van der Waals surface area contributed by atoms with E-state index in [1.54, 1.807) is 11.3 Å². The molecule has 0 aliphatic carbocycles. The zero-order chi connectivity index (χ0) is 34.2. The van der Waals surface area contributed by atoms with Crippen molar-refractivity contribution in [3.05, 3.63) is 158 Å². The number of hydrogen-bond acceptors (Lipinski definition) is 6. The van der Waals surface area contributed by atoms with Gasteiger partial charge in [0.2, 0.25) is 5.89 Å². The van der Waals surface area contributed by atoms with Crippen LogP contribution in [0.25, 0.3) is 109 Å². The van der Waals surface area contributed by atoms with Gasteiger partial charge < -0.3 is 4.42 Å². The lowest BCUT2D eigenvalue weighted by Gasteiger charge is -2.13. The predicted molar refractivity (Wildman–Crippen MR) is 215 cm³/mol. The Labute approximate surface area is 301 Å². The predicted octanol–water partition coefficient (Wildman–Crippen LogP) is 12.5. The Morgan fingerprint density at radius 2 is 1.10 bits per heavy atom. The van der Waals surface area contributed by atoms with Gasteiger partial charge in [-0.1, -0.05) is 121 Å². The minimum atomic E-state index is 0.553. The lowest BCUT2D eigenvalue weighted by molar-refractivity contribution is 0.620. The Balaban J connectivity index is 1.27. The maximum absolute atomic E-state index is 6.53. The third kappa shape index (κ3) is 4.55. The van der Waals surface area contributed by atoms with E-state index in [9.17, 15) is 0 Å². The monoisotopic (exact) mass is 682 g/mol. The molecule has 0 atom stereocenters. The van der Waals surface area contributed by atoms with E-state index >= 15 is 0 Å². The molecule has 0 amide bonds.